The monoisotopic (exact) mass is 169 g/mol. The van der Waals surface area contributed by atoms with Crippen molar-refractivity contribution in [3.8, 4) is 0 Å². The number of amides is 1. The van der Waals surface area contributed by atoms with E-state index in [0.717, 1.165) is 19.4 Å². The van der Waals surface area contributed by atoms with Crippen LogP contribution in [-0.2, 0) is 9.53 Å². The Labute approximate surface area is 72.7 Å². The van der Waals surface area contributed by atoms with Gasteiger partial charge in [0, 0.05) is 6.54 Å². The first-order valence-corrected chi connectivity index (χ1v) is 4.72. The van der Waals surface area contributed by atoms with Gasteiger partial charge < -0.3 is 9.64 Å². The van der Waals surface area contributed by atoms with Gasteiger partial charge in [0.1, 0.15) is 6.23 Å². The summed E-state index contributed by atoms with van der Waals surface area (Å²) in [5.74, 6) is 0.276. The normalized spacial score (nSPS) is 36.4. The molecule has 2 unspecified atom stereocenters. The highest BCUT2D eigenvalue weighted by Gasteiger charge is 2.33. The predicted octanol–water partition coefficient (Wildman–Crippen LogP) is 1.13. The molecule has 2 saturated heterocycles. The van der Waals surface area contributed by atoms with Gasteiger partial charge in [-0.05, 0) is 26.2 Å². The molecule has 3 nitrogen and oxygen atoms in total. The Morgan fingerprint density at radius 2 is 2.33 bits per heavy atom. The number of carbonyl (C=O) groups is 1. The number of hydrogen-bond acceptors (Lipinski definition) is 2. The molecule has 0 aromatic carbocycles. The number of carbonyl (C=O) groups excluding carboxylic acids is 1. The van der Waals surface area contributed by atoms with Crippen molar-refractivity contribution in [2.75, 3.05) is 6.54 Å². The third kappa shape index (κ3) is 1.33. The van der Waals surface area contributed by atoms with Crippen LogP contribution in [0.5, 0.6) is 0 Å². The van der Waals surface area contributed by atoms with Crippen molar-refractivity contribution in [1.29, 1.82) is 0 Å². The Kier molecular flexibility index (Phi) is 2.05. The van der Waals surface area contributed by atoms with Crippen LogP contribution in [0.2, 0.25) is 0 Å². The molecule has 0 bridgehead atoms. The SMILES string of the molecule is CC1CC(=O)N2CCCCC2O1. The van der Waals surface area contributed by atoms with E-state index in [9.17, 15) is 4.79 Å². The molecule has 2 heterocycles. The molecule has 2 atom stereocenters. The van der Waals surface area contributed by atoms with E-state index in [0.29, 0.717) is 6.42 Å². The van der Waals surface area contributed by atoms with Crippen molar-refractivity contribution in [2.24, 2.45) is 0 Å². The molecule has 2 aliphatic heterocycles. The van der Waals surface area contributed by atoms with Crippen molar-refractivity contribution in [3.05, 3.63) is 0 Å². The van der Waals surface area contributed by atoms with Crippen molar-refractivity contribution in [1.82, 2.24) is 4.90 Å². The van der Waals surface area contributed by atoms with Gasteiger partial charge in [0.25, 0.3) is 0 Å². The highest BCUT2D eigenvalue weighted by atomic mass is 16.5. The number of rotatable bonds is 0. The summed E-state index contributed by atoms with van der Waals surface area (Å²) < 4.78 is 5.67. The van der Waals surface area contributed by atoms with Crippen LogP contribution in [-0.4, -0.2) is 29.7 Å². The molecule has 0 N–H and O–H groups in total. The van der Waals surface area contributed by atoms with Gasteiger partial charge >= 0.3 is 0 Å². The maximum absolute atomic E-state index is 11.5. The Morgan fingerprint density at radius 3 is 3.17 bits per heavy atom. The fourth-order valence-corrected chi connectivity index (χ4v) is 2.01. The lowest BCUT2D eigenvalue weighted by molar-refractivity contribution is -0.178. The predicted molar refractivity (Wildman–Crippen MR) is 44.5 cm³/mol. The maximum atomic E-state index is 11.5. The van der Waals surface area contributed by atoms with Crippen LogP contribution in [0, 0.1) is 0 Å². The Bertz CT molecular complexity index is 193. The van der Waals surface area contributed by atoms with E-state index in [4.69, 9.17) is 4.74 Å². The van der Waals surface area contributed by atoms with Crippen LogP contribution < -0.4 is 0 Å². The van der Waals surface area contributed by atoms with Gasteiger partial charge in [-0.1, -0.05) is 0 Å². The summed E-state index contributed by atoms with van der Waals surface area (Å²) >= 11 is 0. The van der Waals surface area contributed by atoms with Crippen molar-refractivity contribution in [3.63, 3.8) is 0 Å². The summed E-state index contributed by atoms with van der Waals surface area (Å²) in [5.41, 5.74) is 0. The second-order valence-corrected chi connectivity index (χ2v) is 3.69. The van der Waals surface area contributed by atoms with Gasteiger partial charge in [-0.15, -0.1) is 0 Å². The molecule has 2 fully saturated rings. The maximum Gasteiger partial charge on any atom is 0.227 e. The zero-order valence-corrected chi connectivity index (χ0v) is 7.45. The van der Waals surface area contributed by atoms with Gasteiger partial charge in [0.05, 0.1) is 12.5 Å². The van der Waals surface area contributed by atoms with Gasteiger partial charge in [0.15, 0.2) is 0 Å². The van der Waals surface area contributed by atoms with E-state index in [1.807, 2.05) is 11.8 Å². The summed E-state index contributed by atoms with van der Waals surface area (Å²) in [4.78, 5) is 13.4. The van der Waals surface area contributed by atoms with Gasteiger partial charge in [-0.3, -0.25) is 4.79 Å². The number of fused-ring (bicyclic) bond motifs is 1. The summed E-state index contributed by atoms with van der Waals surface area (Å²) in [6.45, 7) is 2.88. The zero-order valence-electron chi connectivity index (χ0n) is 7.45. The minimum absolute atomic E-state index is 0.0926. The minimum atomic E-state index is 0.0926. The van der Waals surface area contributed by atoms with Crippen molar-refractivity contribution in [2.45, 2.75) is 44.9 Å². The molecule has 3 heteroatoms. The highest BCUT2D eigenvalue weighted by molar-refractivity contribution is 5.77. The second kappa shape index (κ2) is 3.05. The van der Waals surface area contributed by atoms with Crippen molar-refractivity contribution < 1.29 is 9.53 Å². The molecule has 12 heavy (non-hydrogen) atoms. The highest BCUT2D eigenvalue weighted by Crippen LogP contribution is 2.25. The summed E-state index contributed by atoms with van der Waals surface area (Å²) in [6.07, 6.45) is 4.14. The van der Waals surface area contributed by atoms with E-state index in [2.05, 4.69) is 0 Å². The summed E-state index contributed by atoms with van der Waals surface area (Å²) in [6, 6.07) is 0. The Morgan fingerprint density at radius 1 is 1.50 bits per heavy atom. The lowest BCUT2D eigenvalue weighted by Gasteiger charge is -2.41. The van der Waals surface area contributed by atoms with Crippen LogP contribution in [0.25, 0.3) is 0 Å². The molecule has 2 aliphatic rings. The number of nitrogens with zero attached hydrogens (tertiary/aromatic N) is 1. The smallest absolute Gasteiger partial charge is 0.227 e. The van der Waals surface area contributed by atoms with Crippen LogP contribution in [0.15, 0.2) is 0 Å². The molecule has 0 radical (unpaired) electrons. The summed E-state index contributed by atoms with van der Waals surface area (Å²) in [7, 11) is 0. The molecule has 1 amide bonds. The van der Waals surface area contributed by atoms with Gasteiger partial charge in [-0.25, -0.2) is 0 Å². The third-order valence-electron chi connectivity index (χ3n) is 2.62. The molecule has 68 valence electrons. The molecule has 0 saturated carbocycles. The largest absolute Gasteiger partial charge is 0.355 e. The number of hydrogen-bond donors (Lipinski definition) is 0. The average molecular weight is 169 g/mol. The van der Waals surface area contributed by atoms with E-state index >= 15 is 0 Å². The van der Waals surface area contributed by atoms with E-state index in [-0.39, 0.29) is 18.2 Å². The third-order valence-corrected chi connectivity index (χ3v) is 2.62. The lowest BCUT2D eigenvalue weighted by atomic mass is 10.1. The molecular weight excluding hydrogens is 154 g/mol. The minimum Gasteiger partial charge on any atom is -0.355 e. The fraction of sp³-hybridized carbons (Fsp3) is 0.889. The van der Waals surface area contributed by atoms with Crippen LogP contribution >= 0.6 is 0 Å². The topological polar surface area (TPSA) is 29.5 Å². The number of piperidine rings is 1. The van der Waals surface area contributed by atoms with E-state index in [1.165, 1.54) is 6.42 Å². The van der Waals surface area contributed by atoms with Crippen molar-refractivity contribution >= 4 is 5.91 Å². The average Bonchev–Trinajstić information content (AvgIpc) is 2.04. The Balaban J connectivity index is 2.06. The summed E-state index contributed by atoms with van der Waals surface area (Å²) in [5, 5.41) is 0. The molecule has 0 spiro atoms. The molecule has 0 aromatic rings. The van der Waals surface area contributed by atoms with Gasteiger partial charge in [-0.2, -0.15) is 0 Å². The number of ether oxygens (including phenoxy) is 1. The Hall–Kier alpha value is -0.570. The quantitative estimate of drug-likeness (QED) is 0.544. The second-order valence-electron chi connectivity index (χ2n) is 3.69. The van der Waals surface area contributed by atoms with Crippen LogP contribution in [0.4, 0.5) is 0 Å². The standard InChI is InChI=1S/C9H15NO2/c1-7-6-8(11)10-5-3-2-4-9(10)12-7/h7,9H,2-6H2,1H3. The first-order valence-electron chi connectivity index (χ1n) is 4.72. The first kappa shape index (κ1) is 8.05. The molecule has 0 aromatic heterocycles. The van der Waals surface area contributed by atoms with E-state index < -0.39 is 0 Å². The lowest BCUT2D eigenvalue weighted by Crippen LogP contribution is -2.51. The molecule has 0 aliphatic carbocycles. The van der Waals surface area contributed by atoms with Gasteiger partial charge in [0.2, 0.25) is 5.91 Å². The van der Waals surface area contributed by atoms with Crippen LogP contribution in [0.1, 0.15) is 32.6 Å². The van der Waals surface area contributed by atoms with E-state index in [1.54, 1.807) is 0 Å². The van der Waals surface area contributed by atoms with Crippen LogP contribution in [0.3, 0.4) is 0 Å². The fourth-order valence-electron chi connectivity index (χ4n) is 2.01. The zero-order chi connectivity index (χ0) is 8.55. The molecule has 2 rings (SSSR count). The first-order chi connectivity index (χ1) is 5.77. The molecular formula is C9H15NO2.